The van der Waals surface area contributed by atoms with E-state index in [2.05, 4.69) is 39.0 Å². The fourth-order valence-electron chi connectivity index (χ4n) is 1.26. The number of pyridine rings is 1. The summed E-state index contributed by atoms with van der Waals surface area (Å²) in [5, 5.41) is 4.18. The third kappa shape index (κ3) is 2.01. The van der Waals surface area contributed by atoms with Crippen LogP contribution in [-0.2, 0) is 6.54 Å². The molecule has 0 unspecified atom stereocenters. The molecule has 0 N–H and O–H groups in total. The zero-order valence-corrected chi connectivity index (χ0v) is 9.40. The lowest BCUT2D eigenvalue weighted by atomic mass is 10.2. The van der Waals surface area contributed by atoms with E-state index in [1.165, 1.54) is 5.56 Å². The Bertz CT molecular complexity index is 436. The molecule has 0 saturated heterocycles. The maximum absolute atomic E-state index is 4.31. The van der Waals surface area contributed by atoms with Gasteiger partial charge in [-0.25, -0.2) is 0 Å². The number of halogens is 1. The second-order valence-corrected chi connectivity index (χ2v) is 4.04. The molecule has 0 aliphatic rings. The summed E-state index contributed by atoms with van der Waals surface area (Å²) in [6.07, 6.45) is 5.52. The lowest BCUT2D eigenvalue weighted by molar-refractivity contribution is 0.669. The third-order valence-electron chi connectivity index (χ3n) is 2.03. The quantitative estimate of drug-likeness (QED) is 0.821. The molecule has 0 amide bonds. The lowest BCUT2D eigenvalue weighted by Gasteiger charge is -2.03. The van der Waals surface area contributed by atoms with Gasteiger partial charge in [-0.3, -0.25) is 9.67 Å². The van der Waals surface area contributed by atoms with Crippen molar-refractivity contribution in [2.45, 2.75) is 13.5 Å². The van der Waals surface area contributed by atoms with E-state index in [1.807, 2.05) is 16.9 Å². The molecule has 2 aromatic heterocycles. The zero-order chi connectivity index (χ0) is 9.97. The smallest absolute Gasteiger partial charge is 0.0834 e. The molecule has 3 nitrogen and oxygen atoms in total. The van der Waals surface area contributed by atoms with Crippen LogP contribution in [0.2, 0.25) is 0 Å². The molecule has 0 atom stereocenters. The molecule has 0 fully saturated rings. The van der Waals surface area contributed by atoms with Crippen molar-refractivity contribution in [2.75, 3.05) is 0 Å². The molecule has 0 spiro atoms. The highest BCUT2D eigenvalue weighted by atomic mass is 79.9. The second kappa shape index (κ2) is 3.92. The Morgan fingerprint density at radius 3 is 3.00 bits per heavy atom. The molecular formula is C10H10BrN3. The first-order valence-corrected chi connectivity index (χ1v) is 5.13. The summed E-state index contributed by atoms with van der Waals surface area (Å²) in [6.45, 7) is 2.78. The predicted molar refractivity (Wildman–Crippen MR) is 58.0 cm³/mol. The highest BCUT2D eigenvalue weighted by molar-refractivity contribution is 9.10. The van der Waals surface area contributed by atoms with Crippen LogP contribution in [0, 0.1) is 6.92 Å². The van der Waals surface area contributed by atoms with Crippen molar-refractivity contribution < 1.29 is 0 Å². The Balaban J connectivity index is 2.23. The van der Waals surface area contributed by atoms with Crippen molar-refractivity contribution in [2.24, 2.45) is 0 Å². The van der Waals surface area contributed by atoms with Gasteiger partial charge in [0.15, 0.2) is 0 Å². The van der Waals surface area contributed by atoms with Gasteiger partial charge in [-0.05, 0) is 34.5 Å². The Labute approximate surface area is 90.9 Å². The van der Waals surface area contributed by atoms with Gasteiger partial charge in [0, 0.05) is 12.4 Å². The van der Waals surface area contributed by atoms with E-state index in [4.69, 9.17) is 0 Å². The molecule has 0 saturated carbocycles. The summed E-state index contributed by atoms with van der Waals surface area (Å²) in [4.78, 5) is 4.31. The molecule has 4 heteroatoms. The summed E-state index contributed by atoms with van der Waals surface area (Å²) in [5.74, 6) is 0. The van der Waals surface area contributed by atoms with Gasteiger partial charge in [-0.15, -0.1) is 0 Å². The number of aryl methyl sites for hydroxylation is 1. The van der Waals surface area contributed by atoms with E-state index in [9.17, 15) is 0 Å². The Morgan fingerprint density at radius 2 is 2.36 bits per heavy atom. The SMILES string of the molecule is Cc1cccnc1Cn1cc(Br)cn1. The van der Waals surface area contributed by atoms with Crippen molar-refractivity contribution in [3.63, 3.8) is 0 Å². The highest BCUT2D eigenvalue weighted by Gasteiger charge is 2.00. The van der Waals surface area contributed by atoms with Crippen LogP contribution in [-0.4, -0.2) is 14.8 Å². The van der Waals surface area contributed by atoms with Crippen LogP contribution in [0.3, 0.4) is 0 Å². The summed E-state index contributed by atoms with van der Waals surface area (Å²) >= 11 is 3.36. The van der Waals surface area contributed by atoms with Crippen molar-refractivity contribution in [1.82, 2.24) is 14.8 Å². The van der Waals surface area contributed by atoms with Crippen molar-refractivity contribution in [3.8, 4) is 0 Å². The number of aromatic nitrogens is 3. The van der Waals surface area contributed by atoms with E-state index in [-0.39, 0.29) is 0 Å². The summed E-state index contributed by atoms with van der Waals surface area (Å²) in [7, 11) is 0. The van der Waals surface area contributed by atoms with Crippen LogP contribution < -0.4 is 0 Å². The minimum atomic E-state index is 0.721. The van der Waals surface area contributed by atoms with E-state index < -0.39 is 0 Å². The Kier molecular flexibility index (Phi) is 2.63. The number of nitrogens with zero attached hydrogens (tertiary/aromatic N) is 3. The molecule has 72 valence electrons. The molecule has 0 radical (unpaired) electrons. The minimum Gasteiger partial charge on any atom is -0.266 e. The molecule has 0 aromatic carbocycles. The van der Waals surface area contributed by atoms with Gasteiger partial charge >= 0.3 is 0 Å². The van der Waals surface area contributed by atoms with Crippen LogP contribution >= 0.6 is 15.9 Å². The first-order chi connectivity index (χ1) is 6.75. The van der Waals surface area contributed by atoms with E-state index in [0.717, 1.165) is 16.7 Å². The van der Waals surface area contributed by atoms with Gasteiger partial charge in [0.05, 0.1) is 22.9 Å². The monoisotopic (exact) mass is 251 g/mol. The zero-order valence-electron chi connectivity index (χ0n) is 7.81. The van der Waals surface area contributed by atoms with Crippen molar-refractivity contribution in [3.05, 3.63) is 46.5 Å². The normalized spacial score (nSPS) is 10.4. The van der Waals surface area contributed by atoms with Gasteiger partial charge in [0.25, 0.3) is 0 Å². The molecule has 2 rings (SSSR count). The van der Waals surface area contributed by atoms with Crippen LogP contribution in [0.15, 0.2) is 35.2 Å². The Hall–Kier alpha value is -1.16. The number of hydrogen-bond donors (Lipinski definition) is 0. The summed E-state index contributed by atoms with van der Waals surface area (Å²) in [6, 6.07) is 4.00. The van der Waals surface area contributed by atoms with Gasteiger partial charge in [0.2, 0.25) is 0 Å². The summed E-state index contributed by atoms with van der Waals surface area (Å²) < 4.78 is 2.85. The first kappa shape index (κ1) is 9.40. The average molecular weight is 252 g/mol. The summed E-state index contributed by atoms with van der Waals surface area (Å²) in [5.41, 5.74) is 2.25. The fraction of sp³-hybridized carbons (Fsp3) is 0.200. The minimum absolute atomic E-state index is 0.721. The lowest BCUT2D eigenvalue weighted by Crippen LogP contribution is -2.03. The van der Waals surface area contributed by atoms with Gasteiger partial charge < -0.3 is 0 Å². The second-order valence-electron chi connectivity index (χ2n) is 3.12. The molecular weight excluding hydrogens is 242 g/mol. The number of hydrogen-bond acceptors (Lipinski definition) is 2. The maximum Gasteiger partial charge on any atom is 0.0834 e. The fourth-order valence-corrected chi connectivity index (χ4v) is 1.59. The standard InChI is InChI=1S/C10H10BrN3/c1-8-3-2-4-12-10(8)7-14-6-9(11)5-13-14/h2-6H,7H2,1H3. The van der Waals surface area contributed by atoms with Crippen LogP contribution in [0.25, 0.3) is 0 Å². The Morgan fingerprint density at radius 1 is 1.50 bits per heavy atom. The van der Waals surface area contributed by atoms with Gasteiger partial charge in [0.1, 0.15) is 0 Å². The predicted octanol–water partition coefficient (Wildman–Crippen LogP) is 2.40. The number of rotatable bonds is 2. The molecule has 2 heterocycles. The van der Waals surface area contributed by atoms with Crippen molar-refractivity contribution in [1.29, 1.82) is 0 Å². The van der Waals surface area contributed by atoms with Crippen LogP contribution in [0.5, 0.6) is 0 Å². The first-order valence-electron chi connectivity index (χ1n) is 4.34. The maximum atomic E-state index is 4.31. The van der Waals surface area contributed by atoms with E-state index in [0.29, 0.717) is 0 Å². The van der Waals surface area contributed by atoms with Gasteiger partial charge in [-0.2, -0.15) is 5.10 Å². The van der Waals surface area contributed by atoms with Crippen LogP contribution in [0.1, 0.15) is 11.3 Å². The molecule has 0 aliphatic heterocycles. The highest BCUT2D eigenvalue weighted by Crippen LogP contribution is 2.09. The molecule has 14 heavy (non-hydrogen) atoms. The molecule has 0 bridgehead atoms. The van der Waals surface area contributed by atoms with E-state index in [1.54, 1.807) is 12.4 Å². The van der Waals surface area contributed by atoms with Crippen molar-refractivity contribution >= 4 is 15.9 Å². The topological polar surface area (TPSA) is 30.7 Å². The van der Waals surface area contributed by atoms with E-state index >= 15 is 0 Å². The molecule has 0 aliphatic carbocycles. The largest absolute Gasteiger partial charge is 0.266 e. The molecule has 2 aromatic rings. The van der Waals surface area contributed by atoms with Crippen LogP contribution in [0.4, 0.5) is 0 Å². The third-order valence-corrected chi connectivity index (χ3v) is 2.44. The average Bonchev–Trinajstić information content (AvgIpc) is 2.56. The van der Waals surface area contributed by atoms with Gasteiger partial charge in [-0.1, -0.05) is 6.07 Å².